The number of halogens is 1. The number of nitrogens with one attached hydrogen (secondary N) is 1. The third-order valence-electron chi connectivity index (χ3n) is 3.84. The average Bonchev–Trinajstić information content (AvgIpc) is 3.19. The van der Waals surface area contributed by atoms with Crippen LogP contribution < -0.4 is 5.32 Å². The van der Waals surface area contributed by atoms with Crippen LogP contribution >= 0.6 is 11.3 Å². The molecule has 1 aromatic carbocycles. The number of ether oxygens (including phenoxy) is 1. The van der Waals surface area contributed by atoms with Gasteiger partial charge in [-0.05, 0) is 43.0 Å². The van der Waals surface area contributed by atoms with Crippen molar-refractivity contribution < 1.29 is 13.9 Å². The molecule has 0 bridgehead atoms. The van der Waals surface area contributed by atoms with Crippen molar-refractivity contribution in [3.8, 4) is 11.3 Å². The average molecular weight is 334 g/mol. The highest BCUT2D eigenvalue weighted by Gasteiger charge is 2.21. The summed E-state index contributed by atoms with van der Waals surface area (Å²) < 4.78 is 19.6. The number of hydrogen-bond acceptors (Lipinski definition) is 4. The number of amides is 1. The fraction of sp³-hybridized carbons (Fsp3) is 0.412. The number of nitrogens with zero attached hydrogens (tertiary/aromatic N) is 1. The molecular weight excluding hydrogens is 315 g/mol. The molecule has 4 nitrogen and oxygen atoms in total. The summed E-state index contributed by atoms with van der Waals surface area (Å²) in [6.07, 6.45) is 2.65. The Labute approximate surface area is 138 Å². The van der Waals surface area contributed by atoms with E-state index in [1.54, 1.807) is 17.4 Å². The van der Waals surface area contributed by atoms with Crippen LogP contribution in [0.25, 0.3) is 11.3 Å². The highest BCUT2D eigenvalue weighted by Crippen LogP contribution is 2.33. The number of aromatic nitrogens is 1. The lowest BCUT2D eigenvalue weighted by atomic mass is 10.1. The number of carbonyl (C=O) groups excluding carboxylic acids is 1. The summed E-state index contributed by atoms with van der Waals surface area (Å²) in [5.74, 6) is -0.365. The van der Waals surface area contributed by atoms with Crippen LogP contribution in [0.5, 0.6) is 0 Å². The maximum Gasteiger partial charge on any atom is 0.216 e. The summed E-state index contributed by atoms with van der Waals surface area (Å²) in [6, 6.07) is 5.01. The summed E-state index contributed by atoms with van der Waals surface area (Å²) in [5.41, 5.74) is 2.33. The van der Waals surface area contributed by atoms with Crippen molar-refractivity contribution >= 4 is 17.2 Å². The lowest BCUT2D eigenvalue weighted by Gasteiger charge is -2.07. The van der Waals surface area contributed by atoms with E-state index in [0.717, 1.165) is 35.7 Å². The highest BCUT2D eigenvalue weighted by molar-refractivity contribution is 7.10. The van der Waals surface area contributed by atoms with Crippen LogP contribution in [0.15, 0.2) is 23.6 Å². The molecule has 1 atom stereocenters. The van der Waals surface area contributed by atoms with Crippen LogP contribution in [0.4, 0.5) is 4.39 Å². The minimum Gasteiger partial charge on any atom is -0.371 e. The Morgan fingerprint density at radius 1 is 1.52 bits per heavy atom. The van der Waals surface area contributed by atoms with Crippen LogP contribution in [0.3, 0.4) is 0 Å². The molecule has 1 aliphatic heterocycles. The van der Waals surface area contributed by atoms with E-state index < -0.39 is 0 Å². The zero-order valence-corrected chi connectivity index (χ0v) is 13.8. The molecule has 23 heavy (non-hydrogen) atoms. The van der Waals surface area contributed by atoms with Gasteiger partial charge in [0.15, 0.2) is 0 Å². The fourth-order valence-electron chi connectivity index (χ4n) is 2.64. The van der Waals surface area contributed by atoms with E-state index in [4.69, 9.17) is 4.74 Å². The maximum absolute atomic E-state index is 13.9. The molecule has 1 aromatic heterocycles. The van der Waals surface area contributed by atoms with E-state index in [1.807, 2.05) is 11.4 Å². The Kier molecular flexibility index (Phi) is 5.03. The second-order valence-corrected chi connectivity index (χ2v) is 6.50. The Morgan fingerprint density at radius 3 is 3.13 bits per heavy atom. The van der Waals surface area contributed by atoms with Crippen LogP contribution in [0.1, 0.15) is 36.4 Å². The molecule has 122 valence electrons. The molecule has 0 aliphatic carbocycles. The lowest BCUT2D eigenvalue weighted by Crippen LogP contribution is -2.22. The minimum absolute atomic E-state index is 0.105. The van der Waals surface area contributed by atoms with Gasteiger partial charge in [-0.1, -0.05) is 0 Å². The van der Waals surface area contributed by atoms with Crippen LogP contribution in [-0.2, 0) is 16.0 Å². The van der Waals surface area contributed by atoms with E-state index in [-0.39, 0.29) is 17.8 Å². The van der Waals surface area contributed by atoms with E-state index in [2.05, 4.69) is 10.3 Å². The summed E-state index contributed by atoms with van der Waals surface area (Å²) >= 11 is 1.59. The molecule has 1 saturated heterocycles. The molecule has 1 aliphatic rings. The zero-order chi connectivity index (χ0) is 16.2. The van der Waals surface area contributed by atoms with Crippen molar-refractivity contribution in [2.45, 2.75) is 32.3 Å². The van der Waals surface area contributed by atoms with E-state index in [1.165, 1.54) is 13.0 Å². The zero-order valence-electron chi connectivity index (χ0n) is 13.0. The SMILES string of the molecule is CC(=O)NCCc1cc(-c2csc([C@@H]3CCCO3)n2)ccc1F. The smallest absolute Gasteiger partial charge is 0.216 e. The molecule has 1 fully saturated rings. The standard InChI is InChI=1S/C17H19FN2O2S/c1-11(21)19-7-6-12-9-13(4-5-14(12)18)15-10-23-17(20-15)16-3-2-8-22-16/h4-5,9-10,16H,2-3,6-8H2,1H3,(H,19,21)/t16-/m0/s1. The van der Waals surface area contributed by atoms with Gasteiger partial charge < -0.3 is 10.1 Å². The van der Waals surface area contributed by atoms with Gasteiger partial charge in [0.1, 0.15) is 16.9 Å². The van der Waals surface area contributed by atoms with Gasteiger partial charge in [-0.25, -0.2) is 9.37 Å². The van der Waals surface area contributed by atoms with Crippen molar-refractivity contribution in [1.82, 2.24) is 10.3 Å². The quantitative estimate of drug-likeness (QED) is 0.911. The van der Waals surface area contributed by atoms with Gasteiger partial charge in [0.25, 0.3) is 0 Å². The second kappa shape index (κ2) is 7.19. The number of carbonyl (C=O) groups is 1. The van der Waals surface area contributed by atoms with Crippen LogP contribution in [0, 0.1) is 5.82 Å². The molecule has 0 spiro atoms. The molecule has 0 saturated carbocycles. The molecule has 0 radical (unpaired) electrons. The largest absolute Gasteiger partial charge is 0.371 e. The number of hydrogen-bond donors (Lipinski definition) is 1. The molecule has 1 amide bonds. The number of benzene rings is 1. The number of rotatable bonds is 5. The van der Waals surface area contributed by atoms with Gasteiger partial charge in [0.2, 0.25) is 5.91 Å². The van der Waals surface area contributed by atoms with Gasteiger partial charge in [-0.3, -0.25) is 4.79 Å². The first-order chi connectivity index (χ1) is 11.1. The molecule has 2 aromatic rings. The third kappa shape index (κ3) is 3.95. The van der Waals surface area contributed by atoms with Gasteiger partial charge >= 0.3 is 0 Å². The first kappa shape index (κ1) is 16.1. The Hall–Kier alpha value is -1.79. The van der Waals surface area contributed by atoms with Crippen LogP contribution in [-0.4, -0.2) is 24.0 Å². The van der Waals surface area contributed by atoms with Gasteiger partial charge in [0.05, 0.1) is 5.69 Å². The van der Waals surface area contributed by atoms with Gasteiger partial charge in [0, 0.05) is 31.0 Å². The Bertz CT molecular complexity index is 696. The minimum atomic E-state index is -0.256. The molecular formula is C17H19FN2O2S. The van der Waals surface area contributed by atoms with E-state index in [9.17, 15) is 9.18 Å². The van der Waals surface area contributed by atoms with Gasteiger partial charge in [-0.2, -0.15) is 0 Å². The lowest BCUT2D eigenvalue weighted by molar-refractivity contribution is -0.118. The summed E-state index contributed by atoms with van der Waals surface area (Å²) in [4.78, 5) is 15.6. The van der Waals surface area contributed by atoms with Crippen molar-refractivity contribution in [3.63, 3.8) is 0 Å². The monoisotopic (exact) mass is 334 g/mol. The Balaban J connectivity index is 1.75. The maximum atomic E-state index is 13.9. The Morgan fingerprint density at radius 2 is 2.39 bits per heavy atom. The van der Waals surface area contributed by atoms with Crippen molar-refractivity contribution in [2.24, 2.45) is 0 Å². The second-order valence-electron chi connectivity index (χ2n) is 5.61. The predicted octanol–water partition coefficient (Wildman–Crippen LogP) is 3.48. The molecule has 3 rings (SSSR count). The number of thiazole rings is 1. The van der Waals surface area contributed by atoms with Crippen molar-refractivity contribution in [3.05, 3.63) is 40.0 Å². The summed E-state index contributed by atoms with van der Waals surface area (Å²) in [5, 5.41) is 5.66. The first-order valence-electron chi connectivity index (χ1n) is 7.74. The fourth-order valence-corrected chi connectivity index (χ4v) is 3.55. The molecule has 6 heteroatoms. The van der Waals surface area contributed by atoms with Gasteiger partial charge in [-0.15, -0.1) is 11.3 Å². The normalized spacial score (nSPS) is 17.4. The third-order valence-corrected chi connectivity index (χ3v) is 4.77. The van der Waals surface area contributed by atoms with Crippen molar-refractivity contribution in [1.29, 1.82) is 0 Å². The summed E-state index contributed by atoms with van der Waals surface area (Å²) in [6.45, 7) is 2.67. The molecule has 1 N–H and O–H groups in total. The van der Waals surface area contributed by atoms with E-state index >= 15 is 0 Å². The molecule has 0 unspecified atom stereocenters. The summed E-state index contributed by atoms with van der Waals surface area (Å²) in [7, 11) is 0. The van der Waals surface area contributed by atoms with E-state index in [0.29, 0.717) is 18.5 Å². The predicted molar refractivity (Wildman–Crippen MR) is 87.8 cm³/mol. The van der Waals surface area contributed by atoms with Crippen LogP contribution in [0.2, 0.25) is 0 Å². The topological polar surface area (TPSA) is 51.2 Å². The first-order valence-corrected chi connectivity index (χ1v) is 8.61. The van der Waals surface area contributed by atoms with Crippen molar-refractivity contribution in [2.75, 3.05) is 13.2 Å². The molecule has 2 heterocycles. The highest BCUT2D eigenvalue weighted by atomic mass is 32.1.